The molecule has 1 aromatic carbocycles. The van der Waals surface area contributed by atoms with Crippen molar-refractivity contribution in [2.24, 2.45) is 0 Å². The summed E-state index contributed by atoms with van der Waals surface area (Å²) in [6.07, 6.45) is 0.894. The van der Waals surface area contributed by atoms with Crippen LogP contribution < -0.4 is 0 Å². The lowest BCUT2D eigenvalue weighted by Gasteiger charge is -2.21. The smallest absolute Gasteiger partial charge is 0.253 e. The topological polar surface area (TPSA) is 62.5 Å². The van der Waals surface area contributed by atoms with E-state index in [0.29, 0.717) is 35.4 Å². The Kier molecular flexibility index (Phi) is 6.10. The van der Waals surface area contributed by atoms with E-state index in [1.54, 1.807) is 35.6 Å². The molecular weight excluding hydrogens is 464 g/mol. The molecule has 28 heavy (non-hydrogen) atoms. The van der Waals surface area contributed by atoms with Crippen molar-refractivity contribution in [3.63, 3.8) is 0 Å². The second-order valence-electron chi connectivity index (χ2n) is 6.57. The van der Waals surface area contributed by atoms with E-state index in [1.807, 2.05) is 16.3 Å². The van der Waals surface area contributed by atoms with Crippen LogP contribution in [0, 0.1) is 0 Å². The van der Waals surface area contributed by atoms with Gasteiger partial charge in [0.2, 0.25) is 11.7 Å². The zero-order valence-electron chi connectivity index (χ0n) is 15.0. The maximum absolute atomic E-state index is 12.7. The third-order valence-electron chi connectivity index (χ3n) is 4.56. The molecule has 0 N–H and O–H groups in total. The number of carbonyl (C=O) groups excluding carboxylic acids is 1. The summed E-state index contributed by atoms with van der Waals surface area (Å²) in [5, 5.41) is 6.65. The van der Waals surface area contributed by atoms with E-state index in [2.05, 4.69) is 31.0 Å². The molecule has 0 saturated carbocycles. The average molecular weight is 482 g/mol. The molecule has 1 saturated heterocycles. The lowest BCUT2D eigenvalue weighted by molar-refractivity contribution is 0.0760. The number of hydrogen-bond acceptors (Lipinski definition) is 6. The van der Waals surface area contributed by atoms with Gasteiger partial charge in [-0.25, -0.2) is 0 Å². The van der Waals surface area contributed by atoms with Crippen molar-refractivity contribution >= 4 is 44.8 Å². The summed E-state index contributed by atoms with van der Waals surface area (Å²) in [7, 11) is 0. The Morgan fingerprint density at radius 1 is 1.25 bits per heavy atom. The monoisotopic (exact) mass is 480 g/mol. The quantitative estimate of drug-likeness (QED) is 0.546. The Hall–Kier alpha value is -1.74. The highest BCUT2D eigenvalue weighted by molar-refractivity contribution is 9.10. The van der Waals surface area contributed by atoms with E-state index < -0.39 is 0 Å². The molecule has 0 unspecified atom stereocenters. The van der Waals surface area contributed by atoms with Crippen LogP contribution in [0.25, 0.3) is 10.7 Å². The van der Waals surface area contributed by atoms with Crippen molar-refractivity contribution < 1.29 is 9.32 Å². The standard InChI is InChI=1S/C19H18BrClN4O2S/c20-14-10-16(28-12-14)18-22-17(27-23-18)11-24-5-2-6-25(8-7-24)19(26)13-3-1-4-15(21)9-13/h1,3-4,9-10,12H,2,5-8,11H2. The molecule has 0 radical (unpaired) electrons. The fraction of sp³-hybridized carbons (Fsp3) is 0.316. The van der Waals surface area contributed by atoms with Gasteiger partial charge in [0.25, 0.3) is 5.91 Å². The Bertz CT molecular complexity index is 976. The molecule has 3 heterocycles. The fourth-order valence-corrected chi connectivity index (χ4v) is 4.72. The van der Waals surface area contributed by atoms with Gasteiger partial charge < -0.3 is 9.42 Å². The van der Waals surface area contributed by atoms with Gasteiger partial charge in [0.05, 0.1) is 11.4 Å². The number of hydrogen-bond donors (Lipinski definition) is 0. The van der Waals surface area contributed by atoms with Crippen LogP contribution in [0.5, 0.6) is 0 Å². The molecule has 0 aliphatic carbocycles. The number of halogens is 2. The minimum Gasteiger partial charge on any atom is -0.338 e. The molecular formula is C19H18BrClN4O2S. The van der Waals surface area contributed by atoms with E-state index >= 15 is 0 Å². The van der Waals surface area contributed by atoms with E-state index in [4.69, 9.17) is 16.1 Å². The van der Waals surface area contributed by atoms with Crippen LogP contribution in [-0.4, -0.2) is 52.0 Å². The zero-order chi connectivity index (χ0) is 19.5. The molecule has 4 rings (SSSR count). The van der Waals surface area contributed by atoms with Gasteiger partial charge in [-0.1, -0.05) is 22.8 Å². The van der Waals surface area contributed by atoms with E-state index in [9.17, 15) is 4.79 Å². The Balaban J connectivity index is 1.37. The maximum atomic E-state index is 12.7. The summed E-state index contributed by atoms with van der Waals surface area (Å²) >= 11 is 11.0. The molecule has 3 aromatic rings. The SMILES string of the molecule is O=C(c1cccc(Cl)c1)N1CCCN(Cc2nc(-c3cc(Br)cs3)no2)CC1. The predicted octanol–water partition coefficient (Wildman–Crippen LogP) is 4.56. The number of amides is 1. The Labute approximate surface area is 180 Å². The first kappa shape index (κ1) is 19.6. The molecule has 0 spiro atoms. The van der Waals surface area contributed by atoms with Crippen molar-refractivity contribution in [1.29, 1.82) is 0 Å². The molecule has 1 amide bonds. The molecule has 1 fully saturated rings. The number of carbonyl (C=O) groups is 1. The van der Waals surface area contributed by atoms with Crippen molar-refractivity contribution in [1.82, 2.24) is 19.9 Å². The van der Waals surface area contributed by atoms with Gasteiger partial charge in [-0.15, -0.1) is 11.3 Å². The van der Waals surface area contributed by atoms with Crippen LogP contribution in [0.15, 0.2) is 44.7 Å². The summed E-state index contributed by atoms with van der Waals surface area (Å²) < 4.78 is 6.43. The molecule has 2 aromatic heterocycles. The van der Waals surface area contributed by atoms with Crippen molar-refractivity contribution in [3.05, 3.63) is 56.7 Å². The second-order valence-corrected chi connectivity index (χ2v) is 8.84. The highest BCUT2D eigenvalue weighted by atomic mass is 79.9. The second kappa shape index (κ2) is 8.73. The zero-order valence-corrected chi connectivity index (χ0v) is 18.1. The first-order valence-corrected chi connectivity index (χ1v) is 11.0. The summed E-state index contributed by atoms with van der Waals surface area (Å²) in [5.74, 6) is 1.22. The van der Waals surface area contributed by atoms with Gasteiger partial charge in [0.1, 0.15) is 0 Å². The normalized spacial score (nSPS) is 15.6. The van der Waals surface area contributed by atoms with E-state index in [1.165, 1.54) is 0 Å². The average Bonchev–Trinajstić information content (AvgIpc) is 3.25. The number of benzene rings is 1. The lowest BCUT2D eigenvalue weighted by atomic mass is 10.2. The van der Waals surface area contributed by atoms with E-state index in [0.717, 1.165) is 35.4 Å². The summed E-state index contributed by atoms with van der Waals surface area (Å²) in [6.45, 7) is 3.60. The minimum atomic E-state index is 0.0210. The van der Waals surface area contributed by atoms with E-state index in [-0.39, 0.29) is 5.91 Å². The van der Waals surface area contributed by atoms with Crippen LogP contribution in [0.1, 0.15) is 22.7 Å². The summed E-state index contributed by atoms with van der Waals surface area (Å²) in [6, 6.07) is 9.08. The van der Waals surface area contributed by atoms with Gasteiger partial charge >= 0.3 is 0 Å². The van der Waals surface area contributed by atoms with Crippen LogP contribution in [0.3, 0.4) is 0 Å². The van der Waals surface area contributed by atoms with Gasteiger partial charge in [0, 0.05) is 46.6 Å². The first-order chi connectivity index (χ1) is 13.6. The van der Waals surface area contributed by atoms with Gasteiger partial charge in [0.15, 0.2) is 0 Å². The van der Waals surface area contributed by atoms with Crippen molar-refractivity contribution in [3.8, 4) is 10.7 Å². The van der Waals surface area contributed by atoms with Gasteiger partial charge in [-0.3, -0.25) is 9.69 Å². The molecule has 1 aliphatic heterocycles. The first-order valence-electron chi connectivity index (χ1n) is 8.93. The Morgan fingerprint density at radius 3 is 2.93 bits per heavy atom. The van der Waals surface area contributed by atoms with Gasteiger partial charge in [-0.2, -0.15) is 4.98 Å². The number of rotatable bonds is 4. The molecule has 1 aliphatic rings. The predicted molar refractivity (Wildman–Crippen MR) is 113 cm³/mol. The largest absolute Gasteiger partial charge is 0.338 e. The number of thiophene rings is 1. The highest BCUT2D eigenvalue weighted by Gasteiger charge is 2.22. The number of nitrogens with zero attached hydrogens (tertiary/aromatic N) is 4. The summed E-state index contributed by atoms with van der Waals surface area (Å²) in [4.78, 5) is 22.3. The van der Waals surface area contributed by atoms with Crippen LogP contribution in [-0.2, 0) is 6.54 Å². The maximum Gasteiger partial charge on any atom is 0.253 e. The minimum absolute atomic E-state index is 0.0210. The highest BCUT2D eigenvalue weighted by Crippen LogP contribution is 2.28. The third kappa shape index (κ3) is 4.63. The Morgan fingerprint density at radius 2 is 2.14 bits per heavy atom. The van der Waals surface area contributed by atoms with Crippen LogP contribution in [0.4, 0.5) is 0 Å². The van der Waals surface area contributed by atoms with Gasteiger partial charge in [-0.05, 0) is 46.6 Å². The summed E-state index contributed by atoms with van der Waals surface area (Å²) in [5.41, 5.74) is 0.629. The van der Waals surface area contributed by atoms with Crippen molar-refractivity contribution in [2.45, 2.75) is 13.0 Å². The lowest BCUT2D eigenvalue weighted by Crippen LogP contribution is -2.35. The molecule has 9 heteroatoms. The fourth-order valence-electron chi connectivity index (χ4n) is 3.18. The molecule has 0 bridgehead atoms. The third-order valence-corrected chi connectivity index (χ3v) is 6.48. The van der Waals surface area contributed by atoms with Crippen LogP contribution >= 0.6 is 38.9 Å². The molecule has 6 nitrogen and oxygen atoms in total. The van der Waals surface area contributed by atoms with Crippen LogP contribution in [0.2, 0.25) is 5.02 Å². The molecule has 146 valence electrons. The number of aromatic nitrogens is 2. The molecule has 0 atom stereocenters. The van der Waals surface area contributed by atoms with Crippen molar-refractivity contribution in [2.75, 3.05) is 26.2 Å².